The molecule has 1 N–H and O–H groups in total. The van der Waals surface area contributed by atoms with Crippen LogP contribution in [-0.4, -0.2) is 11.1 Å². The summed E-state index contributed by atoms with van der Waals surface area (Å²) in [4.78, 5) is 11.1. The van der Waals surface area contributed by atoms with Gasteiger partial charge < -0.3 is 5.11 Å². The molecule has 0 bridgehead atoms. The molecule has 3 nitrogen and oxygen atoms in total. The third-order valence-electron chi connectivity index (χ3n) is 2.90. The number of rotatable bonds is 2. The highest BCUT2D eigenvalue weighted by molar-refractivity contribution is 5.92. The van der Waals surface area contributed by atoms with Crippen LogP contribution in [-0.2, 0) is 0 Å². The van der Waals surface area contributed by atoms with E-state index in [0.717, 1.165) is 6.07 Å². The molecule has 0 saturated carbocycles. The largest absolute Gasteiger partial charge is 0.478 e. The maximum absolute atomic E-state index is 13.4. The standard InChI is InChI=1S/C15H10FNO2/c1-9-13(3-2-4-14(9)15(18)19)11-5-10(8-17)6-12(16)7-11/h2-7H,1H3,(H,18,19). The summed E-state index contributed by atoms with van der Waals surface area (Å²) >= 11 is 0. The third-order valence-corrected chi connectivity index (χ3v) is 2.90. The van der Waals surface area contributed by atoms with Crippen LogP contribution in [0.5, 0.6) is 0 Å². The van der Waals surface area contributed by atoms with Crippen molar-refractivity contribution in [2.24, 2.45) is 0 Å². The van der Waals surface area contributed by atoms with Gasteiger partial charge in [-0.15, -0.1) is 0 Å². The summed E-state index contributed by atoms with van der Waals surface area (Å²) in [5.74, 6) is -1.55. The molecule has 0 atom stereocenters. The summed E-state index contributed by atoms with van der Waals surface area (Å²) < 4.78 is 13.4. The van der Waals surface area contributed by atoms with Crippen molar-refractivity contribution in [2.75, 3.05) is 0 Å². The molecule has 0 amide bonds. The van der Waals surface area contributed by atoms with Gasteiger partial charge in [0.05, 0.1) is 17.2 Å². The van der Waals surface area contributed by atoms with E-state index in [1.54, 1.807) is 19.1 Å². The first-order chi connectivity index (χ1) is 9.02. The zero-order valence-corrected chi connectivity index (χ0v) is 10.1. The highest BCUT2D eigenvalue weighted by Crippen LogP contribution is 2.27. The maximum Gasteiger partial charge on any atom is 0.335 e. The zero-order chi connectivity index (χ0) is 14.0. The summed E-state index contributed by atoms with van der Waals surface area (Å²) in [6.45, 7) is 1.66. The summed E-state index contributed by atoms with van der Waals surface area (Å²) in [7, 11) is 0. The molecule has 0 aromatic heterocycles. The quantitative estimate of drug-likeness (QED) is 0.894. The van der Waals surface area contributed by atoms with Crippen LogP contribution in [0.4, 0.5) is 4.39 Å². The molecule has 0 radical (unpaired) electrons. The molecule has 2 aromatic carbocycles. The Morgan fingerprint density at radius 2 is 2.05 bits per heavy atom. The van der Waals surface area contributed by atoms with E-state index in [2.05, 4.69) is 0 Å². The Kier molecular flexibility index (Phi) is 3.30. The number of aromatic carboxylic acids is 1. The molecule has 0 unspecified atom stereocenters. The molecule has 94 valence electrons. The minimum absolute atomic E-state index is 0.167. The number of nitrogens with zero attached hydrogens (tertiary/aromatic N) is 1. The molecule has 0 aliphatic carbocycles. The summed E-state index contributed by atoms with van der Waals surface area (Å²) in [5.41, 5.74) is 2.02. The van der Waals surface area contributed by atoms with Gasteiger partial charge in [-0.2, -0.15) is 5.26 Å². The second-order valence-electron chi connectivity index (χ2n) is 4.12. The second-order valence-corrected chi connectivity index (χ2v) is 4.12. The Labute approximate surface area is 109 Å². The van der Waals surface area contributed by atoms with Crippen molar-refractivity contribution in [1.82, 2.24) is 0 Å². The van der Waals surface area contributed by atoms with Crippen molar-refractivity contribution in [3.8, 4) is 17.2 Å². The number of halogens is 1. The van der Waals surface area contributed by atoms with Crippen LogP contribution in [0.3, 0.4) is 0 Å². The van der Waals surface area contributed by atoms with Crippen LogP contribution < -0.4 is 0 Å². The monoisotopic (exact) mass is 255 g/mol. The van der Waals surface area contributed by atoms with E-state index in [9.17, 15) is 9.18 Å². The highest BCUT2D eigenvalue weighted by Gasteiger charge is 2.12. The van der Waals surface area contributed by atoms with E-state index < -0.39 is 11.8 Å². The van der Waals surface area contributed by atoms with Gasteiger partial charge in [0, 0.05) is 0 Å². The first-order valence-corrected chi connectivity index (χ1v) is 5.57. The zero-order valence-electron chi connectivity index (χ0n) is 10.1. The van der Waals surface area contributed by atoms with Gasteiger partial charge in [0.25, 0.3) is 0 Å². The van der Waals surface area contributed by atoms with Crippen molar-refractivity contribution in [1.29, 1.82) is 5.26 Å². The van der Waals surface area contributed by atoms with Crippen LogP contribution in [0.15, 0.2) is 36.4 Å². The summed E-state index contributed by atoms with van der Waals surface area (Å²) in [6, 6.07) is 10.6. The summed E-state index contributed by atoms with van der Waals surface area (Å²) in [5, 5.41) is 17.9. The molecule has 0 saturated heterocycles. The van der Waals surface area contributed by atoms with Gasteiger partial charge in [-0.05, 0) is 47.9 Å². The molecule has 2 aromatic rings. The van der Waals surface area contributed by atoms with Gasteiger partial charge >= 0.3 is 5.97 Å². The van der Waals surface area contributed by atoms with Crippen LogP contribution in [0.2, 0.25) is 0 Å². The van der Waals surface area contributed by atoms with Crippen molar-refractivity contribution in [3.05, 3.63) is 58.9 Å². The number of benzene rings is 2. The normalized spacial score (nSPS) is 9.95. The van der Waals surface area contributed by atoms with Crippen molar-refractivity contribution < 1.29 is 14.3 Å². The van der Waals surface area contributed by atoms with Gasteiger partial charge in [0.2, 0.25) is 0 Å². The molecule has 0 aliphatic rings. The Morgan fingerprint density at radius 1 is 1.32 bits per heavy atom. The average molecular weight is 255 g/mol. The van der Waals surface area contributed by atoms with Crippen LogP contribution in [0.25, 0.3) is 11.1 Å². The fraction of sp³-hybridized carbons (Fsp3) is 0.0667. The lowest BCUT2D eigenvalue weighted by molar-refractivity contribution is 0.0696. The number of nitriles is 1. The molecular weight excluding hydrogens is 245 g/mol. The number of carboxylic acid groups (broad SMARTS) is 1. The predicted octanol–water partition coefficient (Wildman–Crippen LogP) is 3.37. The van der Waals surface area contributed by atoms with Gasteiger partial charge in [0.1, 0.15) is 5.82 Å². The van der Waals surface area contributed by atoms with Gasteiger partial charge in [-0.25, -0.2) is 9.18 Å². The Bertz CT molecular complexity index is 702. The molecule has 19 heavy (non-hydrogen) atoms. The molecule has 0 spiro atoms. The molecule has 0 aliphatic heterocycles. The van der Waals surface area contributed by atoms with Crippen molar-refractivity contribution >= 4 is 5.97 Å². The summed E-state index contributed by atoms with van der Waals surface area (Å²) in [6.07, 6.45) is 0. The number of carboxylic acids is 1. The molecule has 2 rings (SSSR count). The molecular formula is C15H10FNO2. The van der Waals surface area contributed by atoms with Gasteiger partial charge in [-0.3, -0.25) is 0 Å². The fourth-order valence-electron chi connectivity index (χ4n) is 1.99. The van der Waals surface area contributed by atoms with Crippen LogP contribution in [0.1, 0.15) is 21.5 Å². The minimum Gasteiger partial charge on any atom is -0.478 e. The Morgan fingerprint density at radius 3 is 2.68 bits per heavy atom. The van der Waals surface area contributed by atoms with Gasteiger partial charge in [0.15, 0.2) is 0 Å². The lowest BCUT2D eigenvalue weighted by Gasteiger charge is -2.09. The topological polar surface area (TPSA) is 61.1 Å². The SMILES string of the molecule is Cc1c(C(=O)O)cccc1-c1cc(F)cc(C#N)c1. The Balaban J connectivity index is 2.66. The van der Waals surface area contributed by atoms with E-state index in [1.807, 2.05) is 6.07 Å². The van der Waals surface area contributed by atoms with Crippen molar-refractivity contribution in [3.63, 3.8) is 0 Å². The molecule has 0 fully saturated rings. The van der Waals surface area contributed by atoms with Crippen LogP contribution in [0, 0.1) is 24.1 Å². The fourth-order valence-corrected chi connectivity index (χ4v) is 1.99. The lowest BCUT2D eigenvalue weighted by Crippen LogP contribution is -2.00. The van der Waals surface area contributed by atoms with E-state index in [-0.39, 0.29) is 11.1 Å². The van der Waals surface area contributed by atoms with E-state index >= 15 is 0 Å². The smallest absolute Gasteiger partial charge is 0.335 e. The van der Waals surface area contributed by atoms with E-state index in [4.69, 9.17) is 10.4 Å². The third kappa shape index (κ3) is 2.45. The molecule has 4 heteroatoms. The Hall–Kier alpha value is -2.67. The lowest BCUT2D eigenvalue weighted by atomic mass is 9.95. The van der Waals surface area contributed by atoms with Crippen LogP contribution >= 0.6 is 0 Å². The average Bonchev–Trinajstić information content (AvgIpc) is 2.37. The minimum atomic E-state index is -1.03. The van der Waals surface area contributed by atoms with Crippen molar-refractivity contribution in [2.45, 2.75) is 6.92 Å². The number of hydrogen-bond donors (Lipinski definition) is 1. The first-order valence-electron chi connectivity index (χ1n) is 5.57. The number of hydrogen-bond acceptors (Lipinski definition) is 2. The van der Waals surface area contributed by atoms with E-state index in [0.29, 0.717) is 16.7 Å². The number of carbonyl (C=O) groups is 1. The highest BCUT2D eigenvalue weighted by atomic mass is 19.1. The maximum atomic E-state index is 13.4. The molecule has 0 heterocycles. The van der Waals surface area contributed by atoms with E-state index in [1.165, 1.54) is 18.2 Å². The first kappa shape index (κ1) is 12.8. The van der Waals surface area contributed by atoms with Gasteiger partial charge in [-0.1, -0.05) is 12.1 Å². The predicted molar refractivity (Wildman–Crippen MR) is 68.2 cm³/mol. The second kappa shape index (κ2) is 4.91.